The van der Waals surface area contributed by atoms with Gasteiger partial charge in [0.2, 0.25) is 5.91 Å². The molecule has 0 aliphatic heterocycles. The van der Waals surface area contributed by atoms with E-state index in [-0.39, 0.29) is 11.5 Å². The number of hydrogen-bond donors (Lipinski definition) is 1. The predicted molar refractivity (Wildman–Crippen MR) is 73.7 cm³/mol. The first kappa shape index (κ1) is 17.5. The normalized spacial score (nSPS) is 13.8. The van der Waals surface area contributed by atoms with Gasteiger partial charge in [0.15, 0.2) is 0 Å². The number of hydrogen-bond acceptors (Lipinski definition) is 2. The van der Waals surface area contributed by atoms with Gasteiger partial charge >= 0.3 is 6.18 Å². The first-order valence-corrected chi connectivity index (χ1v) is 6.58. The quantitative estimate of drug-likeness (QED) is 0.904. The molecule has 0 heterocycles. The molecule has 3 nitrogen and oxygen atoms in total. The lowest BCUT2D eigenvalue weighted by molar-refractivity contribution is -0.175. The number of nitrogens with one attached hydrogen (secondary N) is 1. The largest absolute Gasteiger partial charge is 0.411 e. The van der Waals surface area contributed by atoms with Gasteiger partial charge in [-0.3, -0.25) is 4.79 Å². The molecule has 1 rings (SSSR count). The summed E-state index contributed by atoms with van der Waals surface area (Å²) in [5.74, 6) is -0.567. The highest BCUT2D eigenvalue weighted by Crippen LogP contribution is 2.32. The summed E-state index contributed by atoms with van der Waals surface area (Å²) in [6, 6.07) is 8.98. The van der Waals surface area contributed by atoms with Crippen LogP contribution in [0.4, 0.5) is 13.2 Å². The minimum Gasteiger partial charge on any atom is -0.362 e. The lowest BCUT2D eigenvalue weighted by Gasteiger charge is -2.32. The van der Waals surface area contributed by atoms with Crippen molar-refractivity contribution in [2.45, 2.75) is 33.0 Å². The Bertz CT molecular complexity index is 452. The van der Waals surface area contributed by atoms with E-state index in [1.807, 2.05) is 51.1 Å². The molecule has 0 saturated carbocycles. The van der Waals surface area contributed by atoms with Crippen LogP contribution in [0.15, 0.2) is 30.3 Å². The van der Waals surface area contributed by atoms with Gasteiger partial charge in [-0.05, 0) is 11.0 Å². The summed E-state index contributed by atoms with van der Waals surface area (Å²) >= 11 is 0. The maximum Gasteiger partial charge on any atom is 0.411 e. The number of halogens is 3. The Hall–Kier alpha value is -1.56. The van der Waals surface area contributed by atoms with Crippen LogP contribution in [0.1, 0.15) is 32.4 Å². The van der Waals surface area contributed by atoms with Crippen LogP contribution in [0.25, 0.3) is 0 Å². The van der Waals surface area contributed by atoms with Crippen molar-refractivity contribution >= 4 is 5.91 Å². The number of carbonyl (C=O) groups excluding carboxylic acids is 1. The van der Waals surface area contributed by atoms with Gasteiger partial charge in [-0.25, -0.2) is 0 Å². The average molecular weight is 303 g/mol. The molecule has 1 amide bonds. The van der Waals surface area contributed by atoms with E-state index in [4.69, 9.17) is 0 Å². The van der Waals surface area contributed by atoms with Gasteiger partial charge < -0.3 is 10.1 Å². The molecule has 0 aliphatic carbocycles. The van der Waals surface area contributed by atoms with Crippen LogP contribution in [0.3, 0.4) is 0 Å². The lowest BCUT2D eigenvalue weighted by atomic mass is 9.82. The van der Waals surface area contributed by atoms with Crippen molar-refractivity contribution in [1.29, 1.82) is 0 Å². The standard InChI is InChI=1S/C15H20F3NO2/c1-14(2,3)13(11-7-5-4-6-8-11)19-12(20)9-21-10-15(16,17)18/h4-8,13H,9-10H2,1-3H3,(H,19,20). The highest BCUT2D eigenvalue weighted by atomic mass is 19.4. The van der Waals surface area contributed by atoms with E-state index in [9.17, 15) is 18.0 Å². The van der Waals surface area contributed by atoms with Gasteiger partial charge in [-0.15, -0.1) is 0 Å². The molecular formula is C15H20F3NO2. The number of ether oxygens (including phenoxy) is 1. The summed E-state index contributed by atoms with van der Waals surface area (Å²) in [4.78, 5) is 11.8. The zero-order valence-electron chi connectivity index (χ0n) is 12.3. The molecule has 1 aromatic carbocycles. The topological polar surface area (TPSA) is 38.3 Å². The Morgan fingerprint density at radius 1 is 1.19 bits per heavy atom. The highest BCUT2D eigenvalue weighted by Gasteiger charge is 2.30. The fourth-order valence-electron chi connectivity index (χ4n) is 1.91. The van der Waals surface area contributed by atoms with E-state index >= 15 is 0 Å². The molecular weight excluding hydrogens is 283 g/mol. The van der Waals surface area contributed by atoms with E-state index < -0.39 is 25.3 Å². The molecule has 1 N–H and O–H groups in total. The first-order valence-electron chi connectivity index (χ1n) is 6.58. The number of alkyl halides is 3. The second kappa shape index (κ2) is 6.93. The van der Waals surface area contributed by atoms with Crippen molar-refractivity contribution in [2.75, 3.05) is 13.2 Å². The minimum absolute atomic E-state index is 0.277. The van der Waals surface area contributed by atoms with Crippen LogP contribution in [0.2, 0.25) is 0 Å². The van der Waals surface area contributed by atoms with Crippen molar-refractivity contribution in [1.82, 2.24) is 5.32 Å². The number of benzene rings is 1. The van der Waals surface area contributed by atoms with Crippen LogP contribution < -0.4 is 5.32 Å². The summed E-state index contributed by atoms with van der Waals surface area (Å²) in [5.41, 5.74) is 0.621. The van der Waals surface area contributed by atoms with E-state index in [2.05, 4.69) is 10.1 Å². The van der Waals surface area contributed by atoms with Gasteiger partial charge in [0, 0.05) is 0 Å². The molecule has 1 atom stereocenters. The maximum atomic E-state index is 12.0. The predicted octanol–water partition coefficient (Wildman–Crippen LogP) is 3.47. The third kappa shape index (κ3) is 6.62. The van der Waals surface area contributed by atoms with Crippen LogP contribution >= 0.6 is 0 Å². The van der Waals surface area contributed by atoms with Crippen molar-refractivity contribution in [3.05, 3.63) is 35.9 Å². The van der Waals surface area contributed by atoms with E-state index in [0.717, 1.165) is 5.56 Å². The summed E-state index contributed by atoms with van der Waals surface area (Å²) < 4.78 is 40.3. The number of rotatable bonds is 5. The summed E-state index contributed by atoms with van der Waals surface area (Å²) in [6.07, 6.45) is -4.43. The Kier molecular flexibility index (Phi) is 5.78. The molecule has 0 radical (unpaired) electrons. The van der Waals surface area contributed by atoms with Crippen molar-refractivity contribution in [3.8, 4) is 0 Å². The zero-order chi connectivity index (χ0) is 16.1. The third-order valence-corrected chi connectivity index (χ3v) is 2.80. The first-order chi connectivity index (χ1) is 9.59. The van der Waals surface area contributed by atoms with Crippen LogP contribution in [-0.4, -0.2) is 25.3 Å². The number of amides is 1. The molecule has 1 unspecified atom stereocenters. The Morgan fingerprint density at radius 2 is 1.76 bits per heavy atom. The van der Waals surface area contributed by atoms with Gasteiger partial charge in [0.05, 0.1) is 6.04 Å². The summed E-state index contributed by atoms with van der Waals surface area (Å²) in [7, 11) is 0. The molecule has 1 aromatic rings. The average Bonchev–Trinajstić information content (AvgIpc) is 2.34. The molecule has 0 aromatic heterocycles. The summed E-state index contributed by atoms with van der Waals surface area (Å²) in [5, 5.41) is 2.73. The van der Waals surface area contributed by atoms with Crippen molar-refractivity contribution in [3.63, 3.8) is 0 Å². The van der Waals surface area contributed by atoms with Crippen molar-refractivity contribution < 1.29 is 22.7 Å². The van der Waals surface area contributed by atoms with Crippen LogP contribution in [0.5, 0.6) is 0 Å². The highest BCUT2D eigenvalue weighted by molar-refractivity contribution is 5.77. The third-order valence-electron chi connectivity index (χ3n) is 2.80. The van der Waals surface area contributed by atoms with Crippen LogP contribution in [-0.2, 0) is 9.53 Å². The Balaban J connectivity index is 2.64. The smallest absolute Gasteiger partial charge is 0.362 e. The van der Waals surface area contributed by atoms with Gasteiger partial charge in [-0.1, -0.05) is 51.1 Å². The molecule has 118 valence electrons. The molecule has 0 spiro atoms. The van der Waals surface area contributed by atoms with Crippen LogP contribution in [0, 0.1) is 5.41 Å². The van der Waals surface area contributed by atoms with Gasteiger partial charge in [0.25, 0.3) is 0 Å². The fraction of sp³-hybridized carbons (Fsp3) is 0.533. The fourth-order valence-corrected chi connectivity index (χ4v) is 1.91. The van der Waals surface area contributed by atoms with Crippen molar-refractivity contribution in [2.24, 2.45) is 5.41 Å². The maximum absolute atomic E-state index is 12.0. The Labute approximate surface area is 122 Å². The number of carbonyl (C=O) groups is 1. The zero-order valence-corrected chi connectivity index (χ0v) is 12.3. The summed E-state index contributed by atoms with van der Waals surface area (Å²) in [6.45, 7) is 3.80. The van der Waals surface area contributed by atoms with Gasteiger partial charge in [-0.2, -0.15) is 13.2 Å². The van der Waals surface area contributed by atoms with E-state index in [0.29, 0.717) is 0 Å². The molecule has 21 heavy (non-hydrogen) atoms. The minimum atomic E-state index is -4.43. The molecule has 0 aliphatic rings. The van der Waals surface area contributed by atoms with E-state index in [1.165, 1.54) is 0 Å². The molecule has 0 saturated heterocycles. The SMILES string of the molecule is CC(C)(C)C(NC(=O)COCC(F)(F)F)c1ccccc1. The van der Waals surface area contributed by atoms with E-state index in [1.54, 1.807) is 0 Å². The lowest BCUT2D eigenvalue weighted by Crippen LogP contribution is -2.39. The Morgan fingerprint density at radius 3 is 2.24 bits per heavy atom. The molecule has 0 fully saturated rings. The molecule has 0 bridgehead atoms. The molecule has 6 heteroatoms. The second-order valence-electron chi connectivity index (χ2n) is 5.89. The second-order valence-corrected chi connectivity index (χ2v) is 5.89. The van der Waals surface area contributed by atoms with Gasteiger partial charge in [0.1, 0.15) is 13.2 Å². The monoisotopic (exact) mass is 303 g/mol.